The van der Waals surface area contributed by atoms with Crippen LogP contribution in [0.1, 0.15) is 25.0 Å². The van der Waals surface area contributed by atoms with Gasteiger partial charge in [-0.2, -0.15) is 0 Å². The number of aryl methyl sites for hydroxylation is 1. The van der Waals surface area contributed by atoms with Crippen molar-refractivity contribution in [3.05, 3.63) is 28.3 Å². The van der Waals surface area contributed by atoms with Crippen LogP contribution in [0.2, 0.25) is 5.02 Å². The molecule has 1 atom stereocenters. The third-order valence-corrected chi connectivity index (χ3v) is 3.57. The van der Waals surface area contributed by atoms with Crippen LogP contribution in [0.4, 0.5) is 0 Å². The minimum Gasteiger partial charge on any atom is -0.495 e. The molecule has 0 spiro atoms. The van der Waals surface area contributed by atoms with Crippen LogP contribution in [0.25, 0.3) is 0 Å². The highest BCUT2D eigenvalue weighted by Gasteiger charge is 2.15. The summed E-state index contributed by atoms with van der Waals surface area (Å²) < 4.78 is 5.18. The Morgan fingerprint density at radius 1 is 1.35 bits per heavy atom. The third kappa shape index (κ3) is 3.62. The topological polar surface area (TPSA) is 29.5 Å². The summed E-state index contributed by atoms with van der Waals surface area (Å²) >= 11 is 6.12. The zero-order chi connectivity index (χ0) is 13.0. The smallest absolute Gasteiger partial charge is 0.137 e. The van der Waals surface area contributed by atoms with Crippen molar-refractivity contribution in [2.24, 2.45) is 11.8 Å². The average Bonchev–Trinajstić information content (AvgIpc) is 2.29. The Balaban J connectivity index is 2.95. The van der Waals surface area contributed by atoms with Gasteiger partial charge in [0.15, 0.2) is 0 Å². The van der Waals surface area contributed by atoms with Crippen LogP contribution in [0.3, 0.4) is 0 Å². The first kappa shape index (κ1) is 14.3. The van der Waals surface area contributed by atoms with Crippen LogP contribution in [-0.4, -0.2) is 18.8 Å². The summed E-state index contributed by atoms with van der Waals surface area (Å²) in [6.45, 7) is 6.51. The maximum Gasteiger partial charge on any atom is 0.137 e. The summed E-state index contributed by atoms with van der Waals surface area (Å²) in [5.41, 5.74) is 2.34. The Morgan fingerprint density at radius 2 is 2.00 bits per heavy atom. The molecule has 0 heterocycles. The van der Waals surface area contributed by atoms with Gasteiger partial charge in [0.1, 0.15) is 5.75 Å². The number of benzene rings is 1. The molecule has 0 amide bonds. The van der Waals surface area contributed by atoms with E-state index in [0.29, 0.717) is 16.7 Å². The van der Waals surface area contributed by atoms with Crippen molar-refractivity contribution < 1.29 is 9.84 Å². The fourth-order valence-corrected chi connectivity index (χ4v) is 2.13. The minimum absolute atomic E-state index is 0.209. The van der Waals surface area contributed by atoms with Gasteiger partial charge in [0.05, 0.1) is 12.1 Å². The highest BCUT2D eigenvalue weighted by atomic mass is 35.5. The van der Waals surface area contributed by atoms with Crippen LogP contribution < -0.4 is 4.74 Å². The van der Waals surface area contributed by atoms with Crippen molar-refractivity contribution in [1.82, 2.24) is 0 Å². The van der Waals surface area contributed by atoms with E-state index in [1.165, 1.54) is 5.56 Å². The number of ether oxygens (including phenoxy) is 1. The maximum atomic E-state index is 9.36. The number of hydrogen-bond donors (Lipinski definition) is 1. The lowest BCUT2D eigenvalue weighted by Crippen LogP contribution is -2.16. The van der Waals surface area contributed by atoms with E-state index in [1.54, 1.807) is 7.11 Å². The highest BCUT2D eigenvalue weighted by molar-refractivity contribution is 6.32. The highest BCUT2D eigenvalue weighted by Crippen LogP contribution is 2.30. The van der Waals surface area contributed by atoms with E-state index in [1.807, 2.05) is 19.1 Å². The number of methoxy groups -OCH3 is 1. The normalized spacial score (nSPS) is 12.9. The summed E-state index contributed by atoms with van der Waals surface area (Å²) in [5, 5.41) is 9.99. The summed E-state index contributed by atoms with van der Waals surface area (Å²) in [4.78, 5) is 0. The predicted molar refractivity (Wildman–Crippen MR) is 71.9 cm³/mol. The van der Waals surface area contributed by atoms with Crippen molar-refractivity contribution in [1.29, 1.82) is 0 Å². The Labute approximate surface area is 109 Å². The van der Waals surface area contributed by atoms with Gasteiger partial charge in [-0.3, -0.25) is 0 Å². The van der Waals surface area contributed by atoms with Gasteiger partial charge in [-0.25, -0.2) is 0 Å². The lowest BCUT2D eigenvalue weighted by atomic mass is 9.88. The van der Waals surface area contributed by atoms with Crippen LogP contribution in [0, 0.1) is 18.8 Å². The maximum absolute atomic E-state index is 9.36. The van der Waals surface area contributed by atoms with Gasteiger partial charge in [-0.1, -0.05) is 25.4 Å². The molecule has 0 aliphatic rings. The quantitative estimate of drug-likeness (QED) is 0.874. The number of halogens is 1. The van der Waals surface area contributed by atoms with Crippen LogP contribution in [-0.2, 0) is 6.42 Å². The second-order valence-electron chi connectivity index (χ2n) is 4.80. The number of hydrogen-bond acceptors (Lipinski definition) is 2. The molecule has 2 nitrogen and oxygen atoms in total. The summed E-state index contributed by atoms with van der Waals surface area (Å²) in [6, 6.07) is 3.90. The van der Waals surface area contributed by atoms with Crippen molar-refractivity contribution in [3.63, 3.8) is 0 Å². The zero-order valence-corrected chi connectivity index (χ0v) is 11.7. The second-order valence-corrected chi connectivity index (χ2v) is 5.21. The number of aliphatic hydroxyl groups excluding tert-OH is 1. The first-order chi connectivity index (χ1) is 7.99. The van der Waals surface area contributed by atoms with E-state index in [4.69, 9.17) is 16.3 Å². The lowest BCUT2D eigenvalue weighted by Gasteiger charge is -2.20. The van der Waals surface area contributed by atoms with Gasteiger partial charge in [0.25, 0.3) is 0 Å². The molecule has 3 heteroatoms. The molecule has 0 saturated carbocycles. The molecule has 0 bridgehead atoms. The molecular formula is C14H21ClO2. The number of rotatable bonds is 5. The molecule has 0 aromatic heterocycles. The molecular weight excluding hydrogens is 236 g/mol. The molecule has 1 aromatic carbocycles. The molecule has 96 valence electrons. The first-order valence-electron chi connectivity index (χ1n) is 5.93. The van der Waals surface area contributed by atoms with Gasteiger partial charge in [0.2, 0.25) is 0 Å². The van der Waals surface area contributed by atoms with E-state index >= 15 is 0 Å². The molecule has 0 saturated heterocycles. The fraction of sp³-hybridized carbons (Fsp3) is 0.571. The van der Waals surface area contributed by atoms with E-state index in [2.05, 4.69) is 13.8 Å². The van der Waals surface area contributed by atoms with E-state index in [0.717, 1.165) is 12.0 Å². The summed E-state index contributed by atoms with van der Waals surface area (Å²) in [7, 11) is 1.62. The third-order valence-electron chi connectivity index (χ3n) is 3.27. The Kier molecular flexibility index (Phi) is 5.29. The van der Waals surface area contributed by atoms with Crippen molar-refractivity contribution >= 4 is 11.6 Å². The van der Waals surface area contributed by atoms with Crippen molar-refractivity contribution in [2.45, 2.75) is 27.2 Å². The standard InChI is InChI=1S/C14H21ClO2/c1-9(2)12(8-16)6-11-7-13(15)14(17-4)5-10(11)3/h5,7,9,12,16H,6,8H2,1-4H3. The molecule has 0 radical (unpaired) electrons. The fourth-order valence-electron chi connectivity index (χ4n) is 1.87. The van der Waals surface area contributed by atoms with Gasteiger partial charge >= 0.3 is 0 Å². The molecule has 17 heavy (non-hydrogen) atoms. The largest absolute Gasteiger partial charge is 0.495 e. The SMILES string of the molecule is COc1cc(C)c(CC(CO)C(C)C)cc1Cl. The Morgan fingerprint density at radius 3 is 2.47 bits per heavy atom. The Bertz CT molecular complexity index is 375. The minimum atomic E-state index is 0.209. The summed E-state index contributed by atoms with van der Waals surface area (Å²) in [6.07, 6.45) is 0.851. The van der Waals surface area contributed by atoms with Gasteiger partial charge in [-0.15, -0.1) is 0 Å². The number of aliphatic hydroxyl groups is 1. The van der Waals surface area contributed by atoms with Crippen molar-refractivity contribution in [2.75, 3.05) is 13.7 Å². The summed E-state index contributed by atoms with van der Waals surface area (Å²) in [5.74, 6) is 1.44. The van der Waals surface area contributed by atoms with Crippen LogP contribution >= 0.6 is 11.6 Å². The average molecular weight is 257 g/mol. The van der Waals surface area contributed by atoms with Gasteiger partial charge < -0.3 is 9.84 Å². The van der Waals surface area contributed by atoms with Gasteiger partial charge in [-0.05, 0) is 48.4 Å². The molecule has 0 fully saturated rings. The molecule has 1 unspecified atom stereocenters. The molecule has 1 aromatic rings. The van der Waals surface area contributed by atoms with Crippen molar-refractivity contribution in [3.8, 4) is 5.75 Å². The molecule has 1 rings (SSSR count). The Hall–Kier alpha value is -0.730. The predicted octanol–water partition coefficient (Wildman–Crippen LogP) is 3.46. The van der Waals surface area contributed by atoms with E-state index in [-0.39, 0.29) is 12.5 Å². The van der Waals surface area contributed by atoms with Gasteiger partial charge in [0, 0.05) is 6.61 Å². The molecule has 0 aliphatic heterocycles. The lowest BCUT2D eigenvalue weighted by molar-refractivity contribution is 0.189. The monoisotopic (exact) mass is 256 g/mol. The second kappa shape index (κ2) is 6.27. The van der Waals surface area contributed by atoms with Crippen LogP contribution in [0.5, 0.6) is 5.75 Å². The molecule has 1 N–H and O–H groups in total. The molecule has 0 aliphatic carbocycles. The zero-order valence-electron chi connectivity index (χ0n) is 11.0. The van der Waals surface area contributed by atoms with E-state index in [9.17, 15) is 5.11 Å². The van der Waals surface area contributed by atoms with Crippen LogP contribution in [0.15, 0.2) is 12.1 Å². The first-order valence-corrected chi connectivity index (χ1v) is 6.31. The van der Waals surface area contributed by atoms with E-state index < -0.39 is 0 Å².